The molecule has 1 amide bonds. The second-order valence-corrected chi connectivity index (χ2v) is 12.2. The molecule has 0 saturated heterocycles. The second kappa shape index (κ2) is 9.95. The molecule has 41 heavy (non-hydrogen) atoms. The normalized spacial score (nSPS) is 29.4. The van der Waals surface area contributed by atoms with Crippen LogP contribution < -0.4 is 5.73 Å². The van der Waals surface area contributed by atoms with Crippen LogP contribution in [0.15, 0.2) is 30.3 Å². The van der Waals surface area contributed by atoms with Crippen molar-refractivity contribution in [3.8, 4) is 16.9 Å². The van der Waals surface area contributed by atoms with Gasteiger partial charge in [-0.3, -0.25) is 28.9 Å². The molecule has 3 aliphatic carbocycles. The molecule has 0 aromatic heterocycles. The molecule has 0 heterocycles. The Hall–Kier alpha value is -3.76. The third-order valence-electron chi connectivity index (χ3n) is 8.93. The maximum absolute atomic E-state index is 14.6. The molecule has 6 atom stereocenters. The van der Waals surface area contributed by atoms with Crippen molar-refractivity contribution in [1.29, 1.82) is 0 Å². The molecule has 0 bridgehead atoms. The molecule has 3 aliphatic rings. The molecule has 0 radical (unpaired) electrons. The number of hydrogen-bond donors (Lipinski definition) is 3. The van der Waals surface area contributed by atoms with E-state index in [1.54, 1.807) is 18.2 Å². The first-order valence-corrected chi connectivity index (χ1v) is 13.7. The fourth-order valence-electron chi connectivity index (χ4n) is 7.21. The molecule has 2 unspecified atom stereocenters. The number of carbonyl (C=O) groups is 5. The molecule has 10 heteroatoms. The fourth-order valence-corrected chi connectivity index (χ4v) is 7.21. The number of phenolic OH excluding ortho intramolecular Hbond substituents is 1. The highest BCUT2D eigenvalue weighted by Gasteiger charge is 2.69. The van der Waals surface area contributed by atoms with Gasteiger partial charge in [-0.2, -0.15) is 0 Å². The second-order valence-electron chi connectivity index (χ2n) is 12.2. The van der Waals surface area contributed by atoms with E-state index in [2.05, 4.69) is 0 Å². The van der Waals surface area contributed by atoms with Crippen LogP contribution in [-0.2, 0) is 32.0 Å². The van der Waals surface area contributed by atoms with Gasteiger partial charge in [0.25, 0.3) is 0 Å². The topological polar surface area (TPSA) is 155 Å². The SMILES string of the molecule is CC(C)Cc1cc(-c2ccc(O)c3c2C[C@@H]2C[C@@H]4[C@@H](N(C)C)C(=O)C(C(N)=O)C(=O)[C@]4(O)C(=O)C2C3=O)ccc1F. The Balaban J connectivity index is 1.64. The van der Waals surface area contributed by atoms with Gasteiger partial charge in [-0.15, -0.1) is 0 Å². The fraction of sp³-hybridized carbons (Fsp3) is 0.452. The predicted molar refractivity (Wildman–Crippen MR) is 145 cm³/mol. The molecule has 2 fully saturated rings. The number of fused-ring (bicyclic) bond motifs is 3. The van der Waals surface area contributed by atoms with E-state index in [1.807, 2.05) is 13.8 Å². The van der Waals surface area contributed by atoms with E-state index in [4.69, 9.17) is 5.73 Å². The summed E-state index contributed by atoms with van der Waals surface area (Å²) in [6.07, 6.45) is 0.589. The Morgan fingerprint density at radius 1 is 1.12 bits per heavy atom. The average Bonchev–Trinajstić information content (AvgIpc) is 2.87. The van der Waals surface area contributed by atoms with Crippen molar-refractivity contribution < 1.29 is 38.6 Å². The van der Waals surface area contributed by atoms with Crippen LogP contribution in [0.5, 0.6) is 5.75 Å². The number of benzene rings is 2. The Bertz CT molecular complexity index is 1520. The number of aliphatic hydroxyl groups is 1. The quantitative estimate of drug-likeness (QED) is 0.465. The van der Waals surface area contributed by atoms with Crippen molar-refractivity contribution in [2.24, 2.45) is 35.3 Å². The van der Waals surface area contributed by atoms with E-state index >= 15 is 0 Å². The van der Waals surface area contributed by atoms with Crippen LogP contribution in [0.4, 0.5) is 4.39 Å². The third kappa shape index (κ3) is 4.23. The number of aromatic hydroxyl groups is 1. The van der Waals surface area contributed by atoms with E-state index in [-0.39, 0.29) is 35.9 Å². The molecule has 2 aromatic rings. The van der Waals surface area contributed by atoms with Gasteiger partial charge in [0.1, 0.15) is 11.6 Å². The lowest BCUT2D eigenvalue weighted by molar-refractivity contribution is -0.181. The summed E-state index contributed by atoms with van der Waals surface area (Å²) in [5.74, 6) is -11.1. The van der Waals surface area contributed by atoms with E-state index in [0.29, 0.717) is 28.7 Å². The van der Waals surface area contributed by atoms with E-state index in [1.165, 1.54) is 31.1 Å². The Morgan fingerprint density at radius 2 is 1.80 bits per heavy atom. The zero-order chi connectivity index (χ0) is 30.1. The summed E-state index contributed by atoms with van der Waals surface area (Å²) in [5, 5.41) is 22.5. The molecular formula is C31H33FN2O7. The van der Waals surface area contributed by atoms with Crippen molar-refractivity contribution in [2.75, 3.05) is 14.1 Å². The van der Waals surface area contributed by atoms with Crippen LogP contribution in [0.1, 0.15) is 41.8 Å². The number of rotatable bonds is 5. The van der Waals surface area contributed by atoms with Crippen LogP contribution in [-0.4, -0.2) is 69.9 Å². The lowest BCUT2D eigenvalue weighted by Gasteiger charge is -2.52. The summed E-state index contributed by atoms with van der Waals surface area (Å²) in [7, 11) is 3.07. The van der Waals surface area contributed by atoms with Gasteiger partial charge in [-0.1, -0.05) is 26.0 Å². The highest BCUT2D eigenvalue weighted by molar-refractivity contribution is 6.32. The summed E-state index contributed by atoms with van der Waals surface area (Å²) in [6.45, 7) is 3.95. The molecule has 9 nitrogen and oxygen atoms in total. The molecule has 0 spiro atoms. The zero-order valence-corrected chi connectivity index (χ0v) is 23.3. The average molecular weight is 565 g/mol. The number of nitrogens with zero attached hydrogens (tertiary/aromatic N) is 1. The first-order valence-electron chi connectivity index (χ1n) is 13.7. The number of carbonyl (C=O) groups excluding carboxylic acids is 5. The molecule has 5 rings (SSSR count). The number of primary amides is 1. The zero-order valence-electron chi connectivity index (χ0n) is 23.3. The summed E-state index contributed by atoms with van der Waals surface area (Å²) in [4.78, 5) is 68.0. The van der Waals surface area contributed by atoms with Gasteiger partial charge in [0.2, 0.25) is 5.91 Å². The summed E-state index contributed by atoms with van der Waals surface area (Å²) in [5.41, 5.74) is 4.70. The maximum Gasteiger partial charge on any atom is 0.235 e. The predicted octanol–water partition coefficient (Wildman–Crippen LogP) is 1.87. The van der Waals surface area contributed by atoms with E-state index < -0.39 is 64.4 Å². The van der Waals surface area contributed by atoms with Crippen molar-refractivity contribution in [3.05, 3.63) is 52.8 Å². The van der Waals surface area contributed by atoms with Crippen LogP contribution in [0, 0.1) is 35.4 Å². The van der Waals surface area contributed by atoms with E-state index in [9.17, 15) is 38.6 Å². The summed E-state index contributed by atoms with van der Waals surface area (Å²) in [6, 6.07) is 6.48. The number of amides is 1. The smallest absolute Gasteiger partial charge is 0.235 e. The molecule has 216 valence electrons. The lowest BCUT2D eigenvalue weighted by atomic mass is 9.52. The van der Waals surface area contributed by atoms with Crippen molar-refractivity contribution in [1.82, 2.24) is 4.90 Å². The number of ketones is 4. The minimum Gasteiger partial charge on any atom is -0.507 e. The number of Topliss-reactive ketones (excluding diaryl/α,β-unsaturated/α-hetero) is 4. The number of nitrogens with two attached hydrogens (primary N) is 1. The monoisotopic (exact) mass is 564 g/mol. The van der Waals surface area contributed by atoms with Gasteiger partial charge >= 0.3 is 0 Å². The number of halogens is 1. The Labute approximate surface area is 236 Å². The summed E-state index contributed by atoms with van der Waals surface area (Å²) >= 11 is 0. The van der Waals surface area contributed by atoms with E-state index in [0.717, 1.165) is 0 Å². The minimum atomic E-state index is -2.77. The molecular weight excluding hydrogens is 531 g/mol. The standard InChI is InChI=1S/C31H33FN2O7/c1-13(2)9-15-10-14(5-7-20(15)32)17-6-8-21(35)23-18(17)11-16-12-19-25(34(3)4)27(37)24(30(33)40)29(39)31(19,41)28(38)22(16)26(23)36/h5-8,10,13,16,19,22,24-25,35,41H,9,11-12H2,1-4H3,(H2,33,40)/t16-,19-,22?,24?,25-,31-/m1/s1. The number of likely N-dealkylation sites (N-methyl/N-ethyl adjacent to an activating group) is 1. The van der Waals surface area contributed by atoms with Crippen molar-refractivity contribution in [3.63, 3.8) is 0 Å². The van der Waals surface area contributed by atoms with Crippen LogP contribution in [0.2, 0.25) is 0 Å². The highest BCUT2D eigenvalue weighted by atomic mass is 19.1. The lowest BCUT2D eigenvalue weighted by Crippen LogP contribution is -2.74. The Kier molecular flexibility index (Phi) is 6.98. The van der Waals surface area contributed by atoms with Crippen LogP contribution in [0.3, 0.4) is 0 Å². The molecule has 4 N–H and O–H groups in total. The first-order chi connectivity index (χ1) is 19.2. The highest BCUT2D eigenvalue weighted by Crippen LogP contribution is 2.51. The van der Waals surface area contributed by atoms with Gasteiger partial charge in [0, 0.05) is 5.92 Å². The van der Waals surface area contributed by atoms with Gasteiger partial charge in [0.05, 0.1) is 17.5 Å². The summed E-state index contributed by atoms with van der Waals surface area (Å²) < 4.78 is 14.6. The van der Waals surface area contributed by atoms with Gasteiger partial charge in [-0.25, -0.2) is 4.39 Å². The van der Waals surface area contributed by atoms with Gasteiger partial charge in [0.15, 0.2) is 34.7 Å². The minimum absolute atomic E-state index is 0.0407. The number of phenols is 1. The van der Waals surface area contributed by atoms with Crippen molar-refractivity contribution in [2.45, 2.75) is 44.8 Å². The van der Waals surface area contributed by atoms with Crippen molar-refractivity contribution >= 4 is 29.0 Å². The molecule has 2 aromatic carbocycles. The Morgan fingerprint density at radius 3 is 2.41 bits per heavy atom. The largest absolute Gasteiger partial charge is 0.507 e. The van der Waals surface area contributed by atoms with Gasteiger partial charge in [-0.05, 0) is 85.6 Å². The molecule has 2 saturated carbocycles. The third-order valence-corrected chi connectivity index (χ3v) is 8.93. The molecule has 0 aliphatic heterocycles. The first kappa shape index (κ1) is 28.8. The van der Waals surface area contributed by atoms with Crippen LogP contribution in [0.25, 0.3) is 11.1 Å². The maximum atomic E-state index is 14.6. The van der Waals surface area contributed by atoms with Crippen LogP contribution >= 0.6 is 0 Å². The van der Waals surface area contributed by atoms with Gasteiger partial charge < -0.3 is 15.9 Å². The number of hydrogen-bond acceptors (Lipinski definition) is 8.